The number of guanidine groups is 1. The molecule has 0 aromatic rings. The average molecular weight is 764 g/mol. The molecule has 0 aromatic heterocycles. The van der Waals surface area contributed by atoms with E-state index in [2.05, 4.69) is 67.2 Å². The summed E-state index contributed by atoms with van der Waals surface area (Å²) in [5, 5.41) is 16.9. The molecule has 2 aliphatic heterocycles. The Kier molecular flexibility index (Phi) is 19.2. The van der Waals surface area contributed by atoms with Gasteiger partial charge in [-0.15, -0.1) is 0 Å². The molecule has 4 amide bonds. The van der Waals surface area contributed by atoms with Crippen LogP contribution in [0.1, 0.15) is 45.4 Å². The molecule has 0 saturated carbocycles. The van der Waals surface area contributed by atoms with E-state index in [1.807, 2.05) is 0 Å². The second-order valence-electron chi connectivity index (χ2n) is 10.5. The molecular formula is C23H36N11O7P6+. The molecule has 0 aromatic carbocycles. The first-order valence-corrected chi connectivity index (χ1v) is 20.5. The number of amides is 4. The summed E-state index contributed by atoms with van der Waals surface area (Å²) < 4.78 is 4.75. The number of Topliss-reactive ketones (excluding diaryl/α,β-unsaturated/α-hetero) is 1. The molecule has 0 aliphatic carbocycles. The molecule has 24 heteroatoms. The summed E-state index contributed by atoms with van der Waals surface area (Å²) in [6, 6.07) is -4.16. The van der Waals surface area contributed by atoms with Crippen LogP contribution in [0, 0.1) is 5.92 Å². The van der Waals surface area contributed by atoms with Crippen LogP contribution >= 0.6 is 49.0 Å². The van der Waals surface area contributed by atoms with Gasteiger partial charge in [-0.2, -0.15) is 0 Å². The van der Waals surface area contributed by atoms with Crippen LogP contribution in [0.5, 0.6) is 0 Å². The van der Waals surface area contributed by atoms with Gasteiger partial charge in [0, 0.05) is 0 Å². The monoisotopic (exact) mass is 764 g/mol. The predicted molar refractivity (Wildman–Crippen MR) is 184 cm³/mol. The first-order valence-electron chi connectivity index (χ1n) is 14.3. The van der Waals surface area contributed by atoms with Crippen molar-refractivity contribution in [2.75, 3.05) is 19.6 Å². The second kappa shape index (κ2) is 21.9. The normalized spacial score (nSPS) is 21.7. The second-order valence-corrected chi connectivity index (χ2v) is 15.1. The topological polar surface area (TPSA) is 262 Å². The van der Waals surface area contributed by atoms with Crippen molar-refractivity contribution >= 4 is 90.3 Å². The van der Waals surface area contributed by atoms with E-state index in [0.717, 1.165) is 0 Å². The summed E-state index contributed by atoms with van der Waals surface area (Å²) in [7, 11) is 10.8. The molecule has 2 rings (SSSR count). The van der Waals surface area contributed by atoms with Crippen molar-refractivity contribution in [3.8, 4) is 0 Å². The Bertz CT molecular complexity index is 1440. The van der Waals surface area contributed by atoms with Gasteiger partial charge in [0.15, 0.2) is 5.96 Å². The zero-order valence-electron chi connectivity index (χ0n) is 25.3. The quantitative estimate of drug-likeness (QED) is 0.0239. The molecule has 47 heavy (non-hydrogen) atoms. The van der Waals surface area contributed by atoms with Crippen LogP contribution < -0.4 is 31.9 Å². The van der Waals surface area contributed by atoms with Gasteiger partial charge in [-0.1, -0.05) is 0 Å². The predicted octanol–water partition coefficient (Wildman–Crippen LogP) is 1.95. The van der Waals surface area contributed by atoms with Gasteiger partial charge in [-0.3, -0.25) is 4.99 Å². The number of nitrogens with one attached hydrogen (secondary N) is 5. The van der Waals surface area contributed by atoms with Crippen molar-refractivity contribution in [3.05, 3.63) is 10.4 Å². The fourth-order valence-electron chi connectivity index (χ4n) is 5.32. The van der Waals surface area contributed by atoms with Crippen LogP contribution in [0.2, 0.25) is 0 Å². The number of hydrogen-bond donors (Lipinski definition) is 6. The van der Waals surface area contributed by atoms with Gasteiger partial charge in [0.25, 0.3) is 0 Å². The Morgan fingerprint density at radius 1 is 1.26 bits per heavy atom. The molecular weight excluding hydrogens is 728 g/mol. The molecule has 254 valence electrons. The number of azide groups is 1. The maximum absolute atomic E-state index is 13.6. The van der Waals surface area contributed by atoms with Gasteiger partial charge in [0.2, 0.25) is 0 Å². The van der Waals surface area contributed by atoms with Crippen LogP contribution in [0.3, 0.4) is 0 Å². The summed E-state index contributed by atoms with van der Waals surface area (Å²) >= 11 is 0. The number of ketones is 1. The number of carbonyl (C=O) groups is 6. The third-order valence-electron chi connectivity index (χ3n) is 7.37. The molecule has 0 bridgehead atoms. The Hall–Kier alpha value is -1.99. The first-order chi connectivity index (χ1) is 22.5. The molecule has 7 atom stereocenters. The van der Waals surface area contributed by atoms with Gasteiger partial charge in [0.1, 0.15) is 0 Å². The molecule has 7 N–H and O–H groups in total. The minimum absolute atomic E-state index is 0.0158. The number of piperidine rings is 1. The number of rotatable bonds is 17. The van der Waals surface area contributed by atoms with Crippen molar-refractivity contribution in [2.24, 2.45) is 21.8 Å². The van der Waals surface area contributed by atoms with Gasteiger partial charge >= 0.3 is 251 Å². The van der Waals surface area contributed by atoms with E-state index in [1.165, 1.54) is 6.92 Å². The van der Waals surface area contributed by atoms with E-state index in [0.29, 0.717) is 40.7 Å². The van der Waals surface area contributed by atoms with E-state index in [1.54, 1.807) is 4.90 Å². The maximum atomic E-state index is 13.6. The first kappa shape index (κ1) is 41.2. The average Bonchev–Trinajstić information content (AvgIpc) is 3.47. The Balaban J connectivity index is 2.17. The van der Waals surface area contributed by atoms with Gasteiger partial charge in [0.05, 0.1) is 0 Å². The molecule has 0 radical (unpaired) electrons. The molecule has 2 fully saturated rings. The zero-order chi connectivity index (χ0) is 34.9. The van der Waals surface area contributed by atoms with E-state index in [9.17, 15) is 28.8 Å². The van der Waals surface area contributed by atoms with Crippen LogP contribution in [0.25, 0.3) is 10.4 Å². The van der Waals surface area contributed by atoms with Crippen molar-refractivity contribution in [1.82, 2.24) is 31.0 Å². The van der Waals surface area contributed by atoms with E-state index >= 15 is 0 Å². The molecule has 2 saturated heterocycles. The molecule has 18 nitrogen and oxygen atoms in total. The zero-order valence-corrected chi connectivity index (χ0v) is 30.9. The van der Waals surface area contributed by atoms with Crippen LogP contribution in [-0.4, -0.2) is 96.1 Å². The van der Waals surface area contributed by atoms with Crippen LogP contribution in [0.4, 0.5) is 0 Å². The number of nitrogens with zero attached hydrogens (tertiary/aromatic N) is 5. The molecule has 2 aliphatic rings. The standard InChI is InChI=1S/C23H35N11O7P6/c1-11(35)7-15(22(40)41-46-43)29-17(36)10-27-19(37)14(3-2-6-26-23(24)31-42)30-20(38)16-5-4-13-8-12(9-28-33-25)18(32-45-47-44)21(39)34(13)16/h12-16,18,32H,2-10,42H2,1H3,(H5-,24,26,27,29,30,31,36,37,38)/p+1/t12-,13-,14-,15-,16-,18+/m0/s1. The number of aliphatic imine (C=N–C) groups is 1. The molecule has 0 spiro atoms. The Morgan fingerprint density at radius 2 is 2.00 bits per heavy atom. The van der Waals surface area contributed by atoms with Crippen molar-refractivity contribution < 1.29 is 33.3 Å². The summed E-state index contributed by atoms with van der Waals surface area (Å²) in [6.45, 7) is 1.72. The summed E-state index contributed by atoms with van der Waals surface area (Å²) in [6.07, 6.45) is 1.58. The number of fused-ring (bicyclic) bond motifs is 1. The third kappa shape index (κ3) is 13.4. The van der Waals surface area contributed by atoms with Gasteiger partial charge < -0.3 is 10.8 Å². The van der Waals surface area contributed by atoms with E-state index in [4.69, 9.17) is 15.8 Å². The number of hydrogen-bond acceptors (Lipinski definition) is 9. The van der Waals surface area contributed by atoms with E-state index < -0.39 is 54.4 Å². The molecule has 2 heterocycles. The minimum atomic E-state index is -1.27. The Labute approximate surface area is 281 Å². The van der Waals surface area contributed by atoms with Crippen molar-refractivity contribution in [1.29, 1.82) is 0 Å². The van der Waals surface area contributed by atoms with Gasteiger partial charge in [-0.05, 0) is 9.39 Å². The Morgan fingerprint density at radius 3 is 2.64 bits per heavy atom. The van der Waals surface area contributed by atoms with Crippen molar-refractivity contribution in [2.45, 2.75) is 75.7 Å². The van der Waals surface area contributed by atoms with E-state index in [-0.39, 0.29) is 63.5 Å². The van der Waals surface area contributed by atoms with Crippen molar-refractivity contribution in [3.63, 3.8) is 0 Å². The summed E-state index contributed by atoms with van der Waals surface area (Å²) in [4.78, 5) is 85.3. The van der Waals surface area contributed by atoms with Crippen LogP contribution in [0.15, 0.2) is 10.1 Å². The fourth-order valence-corrected chi connectivity index (χ4v) is 7.35. The third-order valence-corrected chi connectivity index (χ3v) is 10.1. The van der Waals surface area contributed by atoms with Crippen LogP contribution in [-0.2, 0) is 33.3 Å². The number of nitrogens with two attached hydrogens (primary N) is 1. The summed E-state index contributed by atoms with van der Waals surface area (Å²) in [5.74, 6) is -3.62. The molecule has 1 unspecified atom stereocenters. The SMILES string of the molecule is CC(=O)C[C@H](NC(=O)CNC(=O)[C@H](CCCN=C(N)NP)NC(=O)[C@@H]1CC[C@H]2C[C@@H](CN=[N+]=[N-])[C@@H](NP=P#P)C(=O)N21)C(=O)O[P+]#P. The fraction of sp³-hybridized carbons (Fsp3) is 0.696. The summed E-state index contributed by atoms with van der Waals surface area (Å²) in [5.41, 5.74) is 14.5. The number of carbonyl (C=O) groups excluding carboxylic acids is 6. The van der Waals surface area contributed by atoms with Gasteiger partial charge in [-0.25, -0.2) is 0 Å².